The van der Waals surface area contributed by atoms with Crippen LogP contribution >= 0.6 is 0 Å². The second-order valence-corrected chi connectivity index (χ2v) is 7.02. The summed E-state index contributed by atoms with van der Waals surface area (Å²) in [5.41, 5.74) is 6.32. The molecule has 5 nitrogen and oxygen atoms in total. The van der Waals surface area contributed by atoms with Crippen molar-refractivity contribution in [3.05, 3.63) is 23.9 Å². The van der Waals surface area contributed by atoms with E-state index in [1.807, 2.05) is 6.92 Å². The number of sulfonamides is 1. The molecule has 1 fully saturated rings. The van der Waals surface area contributed by atoms with Crippen molar-refractivity contribution in [2.75, 3.05) is 6.54 Å². The third kappa shape index (κ3) is 2.80. The molecule has 0 bridgehead atoms. The van der Waals surface area contributed by atoms with E-state index in [1.54, 1.807) is 16.4 Å². The highest BCUT2D eigenvalue weighted by atomic mass is 32.2. The first kappa shape index (κ1) is 14.4. The first-order valence-corrected chi connectivity index (χ1v) is 8.07. The lowest BCUT2D eigenvalue weighted by Crippen LogP contribution is -2.46. The van der Waals surface area contributed by atoms with Crippen LogP contribution in [0, 0.1) is 5.92 Å². The number of hydrogen-bond acceptors (Lipinski definition) is 4. The molecule has 0 saturated carbocycles. The lowest BCUT2D eigenvalue weighted by molar-refractivity contribution is 0.202. The van der Waals surface area contributed by atoms with Crippen molar-refractivity contribution >= 4 is 10.0 Å². The van der Waals surface area contributed by atoms with Gasteiger partial charge in [0.1, 0.15) is 0 Å². The molecule has 0 amide bonds. The molecule has 2 rings (SSSR count). The van der Waals surface area contributed by atoms with E-state index in [2.05, 4.69) is 11.9 Å². The van der Waals surface area contributed by atoms with E-state index in [4.69, 9.17) is 5.73 Å². The maximum Gasteiger partial charge on any atom is 0.260 e. The molecule has 19 heavy (non-hydrogen) atoms. The standard InChI is InChI=1S/C13H21N3O2S/c1-10-4-3-7-16(11(10)2)19(17,18)13-6-5-12(8-14)9-15-13/h5-6,9-11H,3-4,7-8,14H2,1-2H3. The Labute approximate surface area is 114 Å². The fourth-order valence-electron chi connectivity index (χ4n) is 2.44. The summed E-state index contributed by atoms with van der Waals surface area (Å²) in [5, 5.41) is 0.116. The summed E-state index contributed by atoms with van der Waals surface area (Å²) in [6, 6.07) is 3.29. The summed E-state index contributed by atoms with van der Waals surface area (Å²) in [5.74, 6) is 0.381. The topological polar surface area (TPSA) is 76.3 Å². The number of rotatable bonds is 3. The van der Waals surface area contributed by atoms with Gasteiger partial charge in [0.15, 0.2) is 5.03 Å². The minimum absolute atomic E-state index is 0.0229. The van der Waals surface area contributed by atoms with E-state index in [0.29, 0.717) is 19.0 Å². The molecule has 6 heteroatoms. The maximum atomic E-state index is 12.6. The van der Waals surface area contributed by atoms with Gasteiger partial charge in [0, 0.05) is 25.3 Å². The van der Waals surface area contributed by atoms with Crippen LogP contribution in [0.2, 0.25) is 0 Å². The van der Waals surface area contributed by atoms with Crippen LogP contribution in [0.3, 0.4) is 0 Å². The Morgan fingerprint density at radius 3 is 2.74 bits per heavy atom. The van der Waals surface area contributed by atoms with Gasteiger partial charge in [0.25, 0.3) is 10.0 Å². The number of nitrogens with two attached hydrogens (primary N) is 1. The molecule has 2 N–H and O–H groups in total. The van der Waals surface area contributed by atoms with Gasteiger partial charge in [0.05, 0.1) is 0 Å². The minimum Gasteiger partial charge on any atom is -0.326 e. The van der Waals surface area contributed by atoms with E-state index >= 15 is 0 Å². The van der Waals surface area contributed by atoms with Gasteiger partial charge in [-0.15, -0.1) is 0 Å². The van der Waals surface area contributed by atoms with Gasteiger partial charge in [-0.1, -0.05) is 13.0 Å². The third-order valence-electron chi connectivity index (χ3n) is 3.92. The molecule has 1 saturated heterocycles. The van der Waals surface area contributed by atoms with Crippen LogP contribution in [0.5, 0.6) is 0 Å². The number of piperidine rings is 1. The SMILES string of the molecule is CC1CCCN(S(=O)(=O)c2ccc(CN)cn2)C1C. The zero-order valence-electron chi connectivity index (χ0n) is 11.4. The monoisotopic (exact) mass is 283 g/mol. The molecule has 2 heterocycles. The highest BCUT2D eigenvalue weighted by Crippen LogP contribution is 2.28. The summed E-state index contributed by atoms with van der Waals surface area (Å²) in [6.45, 7) is 5.01. The summed E-state index contributed by atoms with van der Waals surface area (Å²) < 4.78 is 26.7. The van der Waals surface area contributed by atoms with Crippen LogP contribution in [-0.2, 0) is 16.6 Å². The first-order chi connectivity index (χ1) is 8.96. The Hall–Kier alpha value is -0.980. The summed E-state index contributed by atoms with van der Waals surface area (Å²) in [6.07, 6.45) is 3.52. The third-order valence-corrected chi connectivity index (χ3v) is 5.82. The Bertz CT molecular complexity index is 527. The van der Waals surface area contributed by atoms with Crippen molar-refractivity contribution in [1.29, 1.82) is 0 Å². The quantitative estimate of drug-likeness (QED) is 0.908. The average molecular weight is 283 g/mol. The normalized spacial score (nSPS) is 25.4. The predicted octanol–water partition coefficient (Wildman–Crippen LogP) is 1.35. The zero-order chi connectivity index (χ0) is 14.0. The van der Waals surface area contributed by atoms with Crippen molar-refractivity contribution < 1.29 is 8.42 Å². The molecule has 0 radical (unpaired) electrons. The van der Waals surface area contributed by atoms with E-state index in [0.717, 1.165) is 18.4 Å². The van der Waals surface area contributed by atoms with Crippen molar-refractivity contribution in [3.8, 4) is 0 Å². The van der Waals surface area contributed by atoms with E-state index in [1.165, 1.54) is 6.20 Å². The molecule has 2 atom stereocenters. The Kier molecular flexibility index (Phi) is 4.23. The van der Waals surface area contributed by atoms with Crippen LogP contribution in [-0.4, -0.2) is 30.3 Å². The van der Waals surface area contributed by atoms with Crippen LogP contribution < -0.4 is 5.73 Å². The van der Waals surface area contributed by atoms with Gasteiger partial charge in [0.2, 0.25) is 0 Å². The van der Waals surface area contributed by atoms with E-state index in [-0.39, 0.29) is 11.1 Å². The lowest BCUT2D eigenvalue weighted by Gasteiger charge is -2.36. The Morgan fingerprint density at radius 2 is 2.16 bits per heavy atom. The summed E-state index contributed by atoms with van der Waals surface area (Å²) in [4.78, 5) is 4.05. The largest absolute Gasteiger partial charge is 0.326 e. The van der Waals surface area contributed by atoms with Crippen molar-refractivity contribution in [3.63, 3.8) is 0 Å². The Morgan fingerprint density at radius 1 is 1.42 bits per heavy atom. The smallest absolute Gasteiger partial charge is 0.260 e. The first-order valence-electron chi connectivity index (χ1n) is 6.63. The van der Waals surface area contributed by atoms with E-state index < -0.39 is 10.0 Å². The van der Waals surface area contributed by atoms with Gasteiger partial charge in [-0.3, -0.25) is 0 Å². The molecule has 1 aromatic heterocycles. The zero-order valence-corrected chi connectivity index (χ0v) is 12.2. The molecule has 0 aliphatic carbocycles. The number of nitrogens with zero attached hydrogens (tertiary/aromatic N) is 2. The fraction of sp³-hybridized carbons (Fsp3) is 0.615. The number of pyridine rings is 1. The molecule has 0 spiro atoms. The summed E-state index contributed by atoms with van der Waals surface area (Å²) >= 11 is 0. The summed E-state index contributed by atoms with van der Waals surface area (Å²) in [7, 11) is -3.49. The van der Waals surface area contributed by atoms with Gasteiger partial charge in [-0.05, 0) is 37.3 Å². The second-order valence-electron chi connectivity index (χ2n) is 5.18. The predicted molar refractivity (Wildman–Crippen MR) is 73.9 cm³/mol. The average Bonchev–Trinajstić information content (AvgIpc) is 2.41. The lowest BCUT2D eigenvalue weighted by atomic mass is 9.94. The van der Waals surface area contributed by atoms with Crippen LogP contribution in [0.1, 0.15) is 32.3 Å². The highest BCUT2D eigenvalue weighted by molar-refractivity contribution is 7.89. The van der Waals surface area contributed by atoms with Crippen LogP contribution in [0.15, 0.2) is 23.4 Å². The molecule has 106 valence electrons. The second kappa shape index (κ2) is 5.56. The van der Waals surface area contributed by atoms with Crippen molar-refractivity contribution in [1.82, 2.24) is 9.29 Å². The molecule has 1 aromatic rings. The van der Waals surface area contributed by atoms with Crippen LogP contribution in [0.4, 0.5) is 0 Å². The number of hydrogen-bond donors (Lipinski definition) is 1. The van der Waals surface area contributed by atoms with Crippen molar-refractivity contribution in [2.24, 2.45) is 11.7 Å². The maximum absolute atomic E-state index is 12.6. The molecule has 2 unspecified atom stereocenters. The minimum atomic E-state index is -3.49. The van der Waals surface area contributed by atoms with E-state index in [9.17, 15) is 8.42 Å². The molecule has 1 aliphatic heterocycles. The molecular formula is C13H21N3O2S. The van der Waals surface area contributed by atoms with Gasteiger partial charge >= 0.3 is 0 Å². The molecular weight excluding hydrogens is 262 g/mol. The highest BCUT2D eigenvalue weighted by Gasteiger charge is 2.35. The molecule has 0 aromatic carbocycles. The Balaban J connectivity index is 2.30. The fourth-order valence-corrected chi connectivity index (χ4v) is 4.12. The van der Waals surface area contributed by atoms with Crippen LogP contribution in [0.25, 0.3) is 0 Å². The van der Waals surface area contributed by atoms with Gasteiger partial charge < -0.3 is 5.73 Å². The number of aromatic nitrogens is 1. The van der Waals surface area contributed by atoms with Gasteiger partial charge in [-0.2, -0.15) is 4.31 Å². The van der Waals surface area contributed by atoms with Crippen molar-refractivity contribution in [2.45, 2.75) is 44.3 Å². The molecule has 1 aliphatic rings. The van der Waals surface area contributed by atoms with Gasteiger partial charge in [-0.25, -0.2) is 13.4 Å².